The van der Waals surface area contributed by atoms with Gasteiger partial charge in [0.05, 0.1) is 6.21 Å². The summed E-state index contributed by atoms with van der Waals surface area (Å²) in [4.78, 5) is 11.7. The first-order valence-corrected chi connectivity index (χ1v) is 5.71. The normalized spacial score (nSPS) is 10.6. The van der Waals surface area contributed by atoms with Gasteiger partial charge in [-0.05, 0) is 30.3 Å². The average Bonchev–Trinajstić information content (AvgIpc) is 2.44. The van der Waals surface area contributed by atoms with Crippen LogP contribution < -0.4 is 5.43 Å². The van der Waals surface area contributed by atoms with Gasteiger partial charge in [0.15, 0.2) is 11.5 Å². The minimum absolute atomic E-state index is 0.0489. The third-order valence-electron chi connectivity index (χ3n) is 2.54. The molecule has 0 aliphatic rings. The summed E-state index contributed by atoms with van der Waals surface area (Å²) >= 11 is 0. The van der Waals surface area contributed by atoms with Gasteiger partial charge >= 0.3 is 0 Å². The fourth-order valence-electron chi connectivity index (χ4n) is 1.49. The molecule has 2 aromatic rings. The third-order valence-corrected chi connectivity index (χ3v) is 2.54. The number of para-hydroxylation sites is 1. The average molecular weight is 272 g/mol. The highest BCUT2D eigenvalue weighted by atomic mass is 16.3. The van der Waals surface area contributed by atoms with Crippen LogP contribution in [0.3, 0.4) is 0 Å². The molecule has 1 amide bonds. The molecule has 0 atom stereocenters. The zero-order valence-electron chi connectivity index (χ0n) is 10.3. The molecule has 4 N–H and O–H groups in total. The highest BCUT2D eigenvalue weighted by Gasteiger charge is 2.07. The summed E-state index contributed by atoms with van der Waals surface area (Å²) in [5.41, 5.74) is 2.86. The fraction of sp³-hybridized carbons (Fsp3) is 0. The Balaban J connectivity index is 2.05. The molecule has 0 saturated heterocycles. The highest BCUT2D eigenvalue weighted by molar-refractivity contribution is 5.95. The molecule has 6 heteroatoms. The van der Waals surface area contributed by atoms with Crippen LogP contribution in [-0.4, -0.2) is 27.4 Å². The van der Waals surface area contributed by atoms with Gasteiger partial charge in [0.25, 0.3) is 5.91 Å². The Kier molecular flexibility index (Phi) is 3.85. The number of phenolic OH excluding ortho intramolecular Hbond substituents is 3. The molecule has 2 aromatic carbocycles. The Morgan fingerprint density at radius 3 is 2.45 bits per heavy atom. The molecule has 0 saturated carbocycles. The summed E-state index contributed by atoms with van der Waals surface area (Å²) in [5, 5.41) is 31.6. The number of nitrogens with one attached hydrogen (secondary N) is 1. The Morgan fingerprint density at radius 2 is 1.75 bits per heavy atom. The first kappa shape index (κ1) is 13.4. The summed E-state index contributed by atoms with van der Waals surface area (Å²) in [6, 6.07) is 10.2. The molecular weight excluding hydrogens is 260 g/mol. The predicted octanol–water partition coefficient (Wildman–Crippen LogP) is 1.57. The number of aromatic hydroxyl groups is 3. The maximum Gasteiger partial charge on any atom is 0.271 e. The van der Waals surface area contributed by atoms with E-state index in [1.807, 2.05) is 0 Å². The molecular formula is C14H12N2O4. The van der Waals surface area contributed by atoms with Gasteiger partial charge in [-0.2, -0.15) is 5.10 Å². The monoisotopic (exact) mass is 272 g/mol. The lowest BCUT2D eigenvalue weighted by Gasteiger charge is -2.02. The van der Waals surface area contributed by atoms with E-state index in [1.54, 1.807) is 18.2 Å². The Morgan fingerprint density at radius 1 is 1.00 bits per heavy atom. The van der Waals surface area contributed by atoms with Crippen LogP contribution in [0, 0.1) is 0 Å². The lowest BCUT2D eigenvalue weighted by molar-refractivity contribution is 0.0954. The predicted molar refractivity (Wildman–Crippen MR) is 72.9 cm³/mol. The first-order chi connectivity index (χ1) is 9.58. The van der Waals surface area contributed by atoms with Crippen molar-refractivity contribution in [3.05, 3.63) is 53.6 Å². The van der Waals surface area contributed by atoms with E-state index in [9.17, 15) is 15.0 Å². The summed E-state index contributed by atoms with van der Waals surface area (Å²) < 4.78 is 0. The quantitative estimate of drug-likeness (QED) is 0.387. The van der Waals surface area contributed by atoms with Gasteiger partial charge in [-0.3, -0.25) is 4.79 Å². The zero-order chi connectivity index (χ0) is 14.5. The number of benzene rings is 2. The van der Waals surface area contributed by atoms with E-state index in [-0.39, 0.29) is 22.8 Å². The van der Waals surface area contributed by atoms with Crippen molar-refractivity contribution in [2.45, 2.75) is 0 Å². The van der Waals surface area contributed by atoms with Crippen molar-refractivity contribution in [1.82, 2.24) is 5.43 Å². The highest BCUT2D eigenvalue weighted by Crippen LogP contribution is 2.24. The molecule has 0 fully saturated rings. The van der Waals surface area contributed by atoms with Crippen molar-refractivity contribution in [2.75, 3.05) is 0 Å². The molecule has 102 valence electrons. The number of phenols is 3. The number of rotatable bonds is 3. The van der Waals surface area contributed by atoms with Crippen LogP contribution in [0.2, 0.25) is 0 Å². The molecule has 0 radical (unpaired) electrons. The molecule has 0 spiro atoms. The van der Waals surface area contributed by atoms with Gasteiger partial charge in [-0.25, -0.2) is 5.43 Å². The minimum Gasteiger partial charge on any atom is -0.507 e. The zero-order valence-corrected chi connectivity index (χ0v) is 10.3. The molecule has 0 heterocycles. The largest absolute Gasteiger partial charge is 0.507 e. The van der Waals surface area contributed by atoms with Gasteiger partial charge in [-0.1, -0.05) is 12.1 Å². The molecule has 0 aliphatic heterocycles. The Bertz CT molecular complexity index is 668. The maximum atomic E-state index is 11.7. The molecule has 2 rings (SSSR count). The molecule has 0 aromatic heterocycles. The summed E-state index contributed by atoms with van der Waals surface area (Å²) in [5.74, 6) is -1.19. The Labute approximate surface area is 114 Å². The van der Waals surface area contributed by atoms with Gasteiger partial charge in [0.1, 0.15) is 5.75 Å². The topological polar surface area (TPSA) is 102 Å². The minimum atomic E-state index is -0.549. The standard InChI is InChI=1S/C14H12N2O4/c17-11-4-2-1-3-10(11)8-15-16-14(20)9-5-6-12(18)13(19)7-9/h1-8,17-19H,(H,16,20)/b15-8-. The fourth-order valence-corrected chi connectivity index (χ4v) is 1.49. The SMILES string of the molecule is O=C(N/N=C\c1ccccc1O)c1ccc(O)c(O)c1. The number of amides is 1. The summed E-state index contributed by atoms with van der Waals surface area (Å²) in [6.07, 6.45) is 1.30. The number of carbonyl (C=O) groups is 1. The number of nitrogens with zero attached hydrogens (tertiary/aromatic N) is 1. The third kappa shape index (κ3) is 3.05. The molecule has 0 unspecified atom stereocenters. The second-order valence-corrected chi connectivity index (χ2v) is 3.96. The first-order valence-electron chi connectivity index (χ1n) is 5.71. The van der Waals surface area contributed by atoms with E-state index in [1.165, 1.54) is 24.4 Å². The van der Waals surface area contributed by atoms with Crippen molar-refractivity contribution >= 4 is 12.1 Å². The number of hydrogen-bond donors (Lipinski definition) is 4. The van der Waals surface area contributed by atoms with Crippen LogP contribution >= 0.6 is 0 Å². The molecule has 6 nitrogen and oxygen atoms in total. The van der Waals surface area contributed by atoms with E-state index < -0.39 is 5.91 Å². The summed E-state index contributed by atoms with van der Waals surface area (Å²) in [6.45, 7) is 0. The van der Waals surface area contributed by atoms with Crippen LogP contribution in [0.4, 0.5) is 0 Å². The number of hydrogen-bond acceptors (Lipinski definition) is 5. The van der Waals surface area contributed by atoms with Gasteiger partial charge in [-0.15, -0.1) is 0 Å². The van der Waals surface area contributed by atoms with E-state index in [0.717, 1.165) is 6.07 Å². The lowest BCUT2D eigenvalue weighted by Crippen LogP contribution is -2.17. The van der Waals surface area contributed by atoms with Crippen LogP contribution in [-0.2, 0) is 0 Å². The summed E-state index contributed by atoms with van der Waals surface area (Å²) in [7, 11) is 0. The lowest BCUT2D eigenvalue weighted by atomic mass is 10.2. The van der Waals surface area contributed by atoms with E-state index in [2.05, 4.69) is 10.5 Å². The van der Waals surface area contributed by atoms with E-state index in [0.29, 0.717) is 5.56 Å². The van der Waals surface area contributed by atoms with Crippen molar-refractivity contribution in [1.29, 1.82) is 0 Å². The number of carbonyl (C=O) groups excluding carboxylic acids is 1. The van der Waals surface area contributed by atoms with Crippen LogP contribution in [0.15, 0.2) is 47.6 Å². The smallest absolute Gasteiger partial charge is 0.271 e. The van der Waals surface area contributed by atoms with Crippen molar-refractivity contribution in [3.8, 4) is 17.2 Å². The molecule has 20 heavy (non-hydrogen) atoms. The van der Waals surface area contributed by atoms with Gasteiger partial charge in [0.2, 0.25) is 0 Å². The van der Waals surface area contributed by atoms with Crippen LogP contribution in [0.1, 0.15) is 15.9 Å². The van der Waals surface area contributed by atoms with Crippen molar-refractivity contribution in [2.24, 2.45) is 5.10 Å². The second kappa shape index (κ2) is 5.75. The number of hydrazone groups is 1. The van der Waals surface area contributed by atoms with Gasteiger partial charge < -0.3 is 15.3 Å². The molecule has 0 aliphatic carbocycles. The van der Waals surface area contributed by atoms with E-state index >= 15 is 0 Å². The molecule has 0 bridgehead atoms. The van der Waals surface area contributed by atoms with E-state index in [4.69, 9.17) is 5.11 Å². The van der Waals surface area contributed by atoms with Crippen LogP contribution in [0.5, 0.6) is 17.2 Å². The second-order valence-electron chi connectivity index (χ2n) is 3.96. The van der Waals surface area contributed by atoms with Crippen molar-refractivity contribution in [3.63, 3.8) is 0 Å². The van der Waals surface area contributed by atoms with Crippen molar-refractivity contribution < 1.29 is 20.1 Å². The maximum absolute atomic E-state index is 11.7. The van der Waals surface area contributed by atoms with Gasteiger partial charge in [0, 0.05) is 11.1 Å². The van der Waals surface area contributed by atoms with Crippen LogP contribution in [0.25, 0.3) is 0 Å². The Hall–Kier alpha value is -3.02.